The molecule has 3 heterocycles. The van der Waals surface area contributed by atoms with E-state index in [9.17, 15) is 9.59 Å². The van der Waals surface area contributed by atoms with Gasteiger partial charge in [-0.05, 0) is 55.5 Å². The van der Waals surface area contributed by atoms with Gasteiger partial charge < -0.3 is 45.0 Å². The summed E-state index contributed by atoms with van der Waals surface area (Å²) >= 11 is 1.92. The van der Waals surface area contributed by atoms with Crippen LogP contribution in [0.15, 0.2) is 36.4 Å². The zero-order valence-electron chi connectivity index (χ0n) is 28.8. The van der Waals surface area contributed by atoms with E-state index < -0.39 is 0 Å². The van der Waals surface area contributed by atoms with E-state index in [-0.39, 0.29) is 24.0 Å². The number of carbonyl (C=O) groups excluding carboxylic acids is 2. The largest absolute Gasteiger partial charge is 0.493 e. The molecular formula is C36H48N6O7S. The number of hydrogen-bond donors (Lipinski definition) is 5. The number of fused-ring (bicyclic) bond motifs is 4. The summed E-state index contributed by atoms with van der Waals surface area (Å²) in [6, 6.07) is 12.2. The number of methoxy groups -OCH3 is 2. The van der Waals surface area contributed by atoms with Gasteiger partial charge in [0.1, 0.15) is 12.4 Å². The number of thioether (sulfide) groups is 1. The van der Waals surface area contributed by atoms with Crippen molar-refractivity contribution in [3.05, 3.63) is 47.5 Å². The molecular weight excluding hydrogens is 660 g/mol. The Morgan fingerprint density at radius 2 is 1.78 bits per heavy atom. The molecule has 2 aromatic carbocycles. The van der Waals surface area contributed by atoms with Gasteiger partial charge in [0, 0.05) is 59.9 Å². The van der Waals surface area contributed by atoms with Crippen LogP contribution in [-0.2, 0) is 20.7 Å². The molecule has 50 heavy (non-hydrogen) atoms. The second kappa shape index (κ2) is 17.7. The van der Waals surface area contributed by atoms with Crippen molar-refractivity contribution in [3.8, 4) is 28.5 Å². The molecule has 14 heteroatoms. The van der Waals surface area contributed by atoms with Gasteiger partial charge in [-0.15, -0.1) is 0 Å². The summed E-state index contributed by atoms with van der Waals surface area (Å²) in [5.41, 5.74) is 5.19. The van der Waals surface area contributed by atoms with Gasteiger partial charge in [-0.1, -0.05) is 12.5 Å². The monoisotopic (exact) mass is 708 g/mol. The van der Waals surface area contributed by atoms with Crippen LogP contribution in [0.25, 0.3) is 11.3 Å². The van der Waals surface area contributed by atoms with Crippen LogP contribution >= 0.6 is 11.8 Å². The minimum atomic E-state index is -0.0518. The highest BCUT2D eigenvalue weighted by molar-refractivity contribution is 8.00. The fraction of sp³-hybridized carbons (Fsp3) is 0.528. The Labute approximate surface area is 297 Å². The molecule has 5 N–H and O–H groups in total. The number of H-pyrrole nitrogens is 1. The van der Waals surface area contributed by atoms with E-state index >= 15 is 0 Å². The average Bonchev–Trinajstić information content (AvgIpc) is 3.88. The van der Waals surface area contributed by atoms with Gasteiger partial charge in [0.15, 0.2) is 17.3 Å². The molecule has 3 unspecified atom stereocenters. The molecule has 3 amide bonds. The van der Waals surface area contributed by atoms with Gasteiger partial charge in [0.05, 0.1) is 51.8 Å². The van der Waals surface area contributed by atoms with Crippen molar-refractivity contribution < 1.29 is 33.3 Å². The third kappa shape index (κ3) is 9.15. The van der Waals surface area contributed by atoms with Crippen molar-refractivity contribution >= 4 is 35.2 Å². The van der Waals surface area contributed by atoms with Crippen LogP contribution in [0, 0.1) is 0 Å². The van der Waals surface area contributed by atoms with Crippen LogP contribution < -0.4 is 35.5 Å². The molecule has 2 saturated heterocycles. The van der Waals surface area contributed by atoms with Gasteiger partial charge in [-0.2, -0.15) is 16.9 Å². The van der Waals surface area contributed by atoms with Gasteiger partial charge in [0.2, 0.25) is 5.91 Å². The molecule has 3 aromatic rings. The summed E-state index contributed by atoms with van der Waals surface area (Å²) in [7, 11) is 3.28. The summed E-state index contributed by atoms with van der Waals surface area (Å²) in [4.78, 5) is 23.6. The predicted octanol–water partition coefficient (Wildman–Crippen LogP) is 4.78. The third-order valence-electron chi connectivity index (χ3n) is 9.20. The Morgan fingerprint density at radius 1 is 0.960 bits per heavy atom. The van der Waals surface area contributed by atoms with Gasteiger partial charge in [-0.25, -0.2) is 4.79 Å². The second-order valence-corrected chi connectivity index (χ2v) is 13.9. The number of nitrogens with zero attached hydrogens (tertiary/aromatic N) is 1. The average molecular weight is 709 g/mol. The summed E-state index contributed by atoms with van der Waals surface area (Å²) in [5, 5.41) is 20.6. The zero-order chi connectivity index (χ0) is 34.7. The van der Waals surface area contributed by atoms with E-state index in [1.54, 1.807) is 14.2 Å². The Morgan fingerprint density at radius 3 is 2.64 bits per heavy atom. The molecule has 6 rings (SSSR count). The third-order valence-corrected chi connectivity index (χ3v) is 10.7. The number of aromatic nitrogens is 2. The first kappa shape index (κ1) is 35.7. The molecule has 270 valence electrons. The van der Waals surface area contributed by atoms with Crippen molar-refractivity contribution in [2.24, 2.45) is 0 Å². The Kier molecular flexibility index (Phi) is 12.6. The highest BCUT2D eigenvalue weighted by Crippen LogP contribution is 2.44. The fourth-order valence-electron chi connectivity index (χ4n) is 6.61. The molecule has 1 aromatic heterocycles. The topological polar surface area (TPSA) is 157 Å². The van der Waals surface area contributed by atoms with Crippen LogP contribution in [0.5, 0.6) is 17.2 Å². The SMILES string of the molecule is COc1cc2c(cc1OC)-c1[nH]nc(Nc3cccc(OCCOCCOCCCCNC(=O)CCCCC4SCC5NC(=O)NC54)c3)c1C2. The van der Waals surface area contributed by atoms with E-state index in [4.69, 9.17) is 23.7 Å². The molecule has 3 aliphatic rings. The number of benzene rings is 2. The molecule has 0 saturated carbocycles. The number of unbranched alkanes of at least 4 members (excludes halogenated alkanes) is 2. The quantitative estimate of drug-likeness (QED) is 0.0603. The maximum absolute atomic E-state index is 12.1. The number of carbonyl (C=O) groups is 2. The van der Waals surface area contributed by atoms with E-state index in [0.29, 0.717) is 62.7 Å². The van der Waals surface area contributed by atoms with Crippen molar-refractivity contribution in [3.63, 3.8) is 0 Å². The van der Waals surface area contributed by atoms with Crippen molar-refractivity contribution in [2.75, 3.05) is 64.9 Å². The number of amides is 3. The van der Waals surface area contributed by atoms with Crippen LogP contribution in [-0.4, -0.2) is 99.0 Å². The highest BCUT2D eigenvalue weighted by Gasteiger charge is 2.42. The number of aromatic amines is 1. The molecule has 3 atom stereocenters. The molecule has 13 nitrogen and oxygen atoms in total. The Hall–Kier alpha value is -4.14. The van der Waals surface area contributed by atoms with Crippen LogP contribution in [0.1, 0.15) is 49.7 Å². The Balaban J connectivity index is 0.770. The maximum Gasteiger partial charge on any atom is 0.315 e. The molecule has 0 bridgehead atoms. The van der Waals surface area contributed by atoms with Crippen LogP contribution in [0.4, 0.5) is 16.3 Å². The van der Waals surface area contributed by atoms with E-state index in [1.807, 2.05) is 48.2 Å². The smallest absolute Gasteiger partial charge is 0.315 e. The Bertz CT molecular complexity index is 1600. The summed E-state index contributed by atoms with van der Waals surface area (Å²) in [5.74, 6) is 4.00. The fourth-order valence-corrected chi connectivity index (χ4v) is 8.16. The predicted molar refractivity (Wildman–Crippen MR) is 193 cm³/mol. The first-order valence-electron chi connectivity index (χ1n) is 17.5. The number of nitrogens with one attached hydrogen (secondary N) is 5. The first-order valence-corrected chi connectivity index (χ1v) is 18.5. The van der Waals surface area contributed by atoms with Crippen LogP contribution in [0.3, 0.4) is 0 Å². The molecule has 0 spiro atoms. The minimum absolute atomic E-state index is 0.0518. The number of ether oxygens (including phenoxy) is 5. The van der Waals surface area contributed by atoms with Gasteiger partial charge >= 0.3 is 6.03 Å². The number of rotatable bonds is 21. The summed E-state index contributed by atoms with van der Waals surface area (Å²) < 4.78 is 28.2. The molecule has 0 radical (unpaired) electrons. The van der Waals surface area contributed by atoms with E-state index in [0.717, 1.165) is 83.9 Å². The number of hydrogen-bond acceptors (Lipinski definition) is 10. The van der Waals surface area contributed by atoms with Crippen molar-refractivity contribution in [1.82, 2.24) is 26.1 Å². The van der Waals surface area contributed by atoms with Crippen molar-refractivity contribution in [1.29, 1.82) is 0 Å². The van der Waals surface area contributed by atoms with Gasteiger partial charge in [-0.3, -0.25) is 9.89 Å². The first-order chi connectivity index (χ1) is 24.5. The number of urea groups is 1. The molecule has 2 fully saturated rings. The normalized spacial score (nSPS) is 18.5. The lowest BCUT2D eigenvalue weighted by Gasteiger charge is -2.16. The minimum Gasteiger partial charge on any atom is -0.493 e. The standard InChI is InChI=1S/C36H48N6O7S/c1-45-29-19-23-18-27-33(26(23)21-30(29)46-2)41-42-35(27)38-24-8-7-9-25(20-24)49-17-16-48-15-14-47-13-6-5-12-37-32(43)11-4-3-10-31-34-28(22-50-31)39-36(44)40-34/h7-9,19-21,28,31,34H,3-6,10-18,22H2,1-2H3,(H,37,43)(H2,38,41,42)(H2,39,40,44). The molecule has 1 aliphatic carbocycles. The summed E-state index contributed by atoms with van der Waals surface area (Å²) in [6.45, 7) is 3.20. The molecule has 2 aliphatic heterocycles. The van der Waals surface area contributed by atoms with Crippen molar-refractivity contribution in [2.45, 2.75) is 62.3 Å². The highest BCUT2D eigenvalue weighted by atomic mass is 32.2. The number of anilines is 2. The lowest BCUT2D eigenvalue weighted by molar-refractivity contribution is -0.121. The van der Waals surface area contributed by atoms with Gasteiger partial charge in [0.25, 0.3) is 0 Å². The van der Waals surface area contributed by atoms with E-state index in [1.165, 1.54) is 0 Å². The zero-order valence-corrected chi connectivity index (χ0v) is 29.6. The van der Waals surface area contributed by atoms with Crippen LogP contribution in [0.2, 0.25) is 0 Å². The maximum atomic E-state index is 12.1. The second-order valence-electron chi connectivity index (χ2n) is 12.6. The lowest BCUT2D eigenvalue weighted by Crippen LogP contribution is -2.36. The lowest BCUT2D eigenvalue weighted by atomic mass is 10.0. The van der Waals surface area contributed by atoms with E-state index in [2.05, 4.69) is 31.5 Å². The summed E-state index contributed by atoms with van der Waals surface area (Å²) in [6.07, 6.45) is 5.94.